The van der Waals surface area contributed by atoms with E-state index in [1.807, 2.05) is 12.1 Å². The molecular formula is C13H22N2OS. The molecule has 4 heteroatoms. The molecular weight excluding hydrogens is 232 g/mol. The van der Waals surface area contributed by atoms with E-state index in [1.54, 1.807) is 6.26 Å². The second kappa shape index (κ2) is 7.33. The minimum absolute atomic E-state index is 0.354. The van der Waals surface area contributed by atoms with E-state index >= 15 is 0 Å². The Balaban J connectivity index is 2.15. The van der Waals surface area contributed by atoms with E-state index in [2.05, 4.69) is 31.4 Å². The quantitative estimate of drug-likeness (QED) is 0.765. The first kappa shape index (κ1) is 14.0. The third kappa shape index (κ3) is 6.31. The number of furan rings is 1. The molecule has 1 rings (SSSR count). The highest BCUT2D eigenvalue weighted by molar-refractivity contribution is 7.80. The van der Waals surface area contributed by atoms with Crippen molar-refractivity contribution in [2.45, 2.75) is 39.7 Å². The van der Waals surface area contributed by atoms with Crippen molar-refractivity contribution >= 4 is 17.3 Å². The van der Waals surface area contributed by atoms with E-state index < -0.39 is 0 Å². The Morgan fingerprint density at radius 3 is 2.76 bits per heavy atom. The van der Waals surface area contributed by atoms with Crippen LogP contribution in [0.2, 0.25) is 0 Å². The summed E-state index contributed by atoms with van der Waals surface area (Å²) in [5.41, 5.74) is 0. The van der Waals surface area contributed by atoms with Crippen LogP contribution in [0.4, 0.5) is 0 Å². The molecule has 0 aliphatic rings. The maximum atomic E-state index is 5.29. The van der Waals surface area contributed by atoms with Crippen LogP contribution in [-0.4, -0.2) is 17.7 Å². The van der Waals surface area contributed by atoms with Gasteiger partial charge in [0.1, 0.15) is 5.76 Å². The standard InChI is InChI=1S/C13H22N2OS/c1-10(2)9-14-13(17)15-11(3)6-7-12-5-4-8-16-12/h4-5,8,10-11H,6-7,9H2,1-3H3,(H2,14,15,17). The first-order valence-corrected chi connectivity index (χ1v) is 6.55. The van der Waals surface area contributed by atoms with Gasteiger partial charge in [-0.05, 0) is 43.6 Å². The summed E-state index contributed by atoms with van der Waals surface area (Å²) in [6.07, 6.45) is 3.66. The van der Waals surface area contributed by atoms with Gasteiger partial charge in [-0.2, -0.15) is 0 Å². The molecule has 0 amide bonds. The van der Waals surface area contributed by atoms with Crippen LogP contribution in [0.25, 0.3) is 0 Å². The van der Waals surface area contributed by atoms with E-state index in [1.165, 1.54) is 0 Å². The molecule has 1 aromatic rings. The molecule has 0 saturated carbocycles. The molecule has 0 aliphatic carbocycles. The van der Waals surface area contributed by atoms with Crippen LogP contribution in [-0.2, 0) is 6.42 Å². The second-order valence-corrected chi connectivity index (χ2v) is 5.18. The Morgan fingerprint density at radius 2 is 2.18 bits per heavy atom. The molecule has 2 N–H and O–H groups in total. The van der Waals surface area contributed by atoms with Gasteiger partial charge in [0.2, 0.25) is 0 Å². The van der Waals surface area contributed by atoms with Gasteiger partial charge in [0, 0.05) is 19.0 Å². The first-order valence-electron chi connectivity index (χ1n) is 6.14. The largest absolute Gasteiger partial charge is 0.469 e. The van der Waals surface area contributed by atoms with Gasteiger partial charge < -0.3 is 15.1 Å². The molecule has 0 spiro atoms. The van der Waals surface area contributed by atoms with Crippen LogP contribution in [0.1, 0.15) is 33.0 Å². The first-order chi connectivity index (χ1) is 8.08. The van der Waals surface area contributed by atoms with E-state index in [9.17, 15) is 0 Å². The van der Waals surface area contributed by atoms with Crippen molar-refractivity contribution in [3.63, 3.8) is 0 Å². The van der Waals surface area contributed by atoms with E-state index in [4.69, 9.17) is 16.6 Å². The van der Waals surface area contributed by atoms with E-state index in [0.29, 0.717) is 12.0 Å². The number of hydrogen-bond acceptors (Lipinski definition) is 2. The SMILES string of the molecule is CC(C)CNC(=S)NC(C)CCc1ccco1. The predicted octanol–water partition coefficient (Wildman–Crippen LogP) is 2.72. The monoisotopic (exact) mass is 254 g/mol. The second-order valence-electron chi connectivity index (χ2n) is 4.77. The lowest BCUT2D eigenvalue weighted by molar-refractivity contribution is 0.482. The van der Waals surface area contributed by atoms with Crippen molar-refractivity contribution in [1.82, 2.24) is 10.6 Å². The van der Waals surface area contributed by atoms with Crippen molar-refractivity contribution in [3.05, 3.63) is 24.2 Å². The highest BCUT2D eigenvalue weighted by atomic mass is 32.1. The maximum Gasteiger partial charge on any atom is 0.166 e. The summed E-state index contributed by atoms with van der Waals surface area (Å²) in [6.45, 7) is 7.37. The van der Waals surface area contributed by atoms with Crippen LogP contribution >= 0.6 is 12.2 Å². The smallest absolute Gasteiger partial charge is 0.166 e. The summed E-state index contributed by atoms with van der Waals surface area (Å²) in [4.78, 5) is 0. The van der Waals surface area contributed by atoms with Crippen molar-refractivity contribution in [1.29, 1.82) is 0 Å². The fourth-order valence-corrected chi connectivity index (χ4v) is 1.74. The molecule has 0 bridgehead atoms. The summed E-state index contributed by atoms with van der Waals surface area (Å²) < 4.78 is 5.29. The average Bonchev–Trinajstić information content (AvgIpc) is 2.76. The minimum Gasteiger partial charge on any atom is -0.469 e. The Kier molecular flexibility index (Phi) is 6.05. The average molecular weight is 254 g/mol. The molecule has 0 saturated heterocycles. The molecule has 0 aliphatic heterocycles. The fourth-order valence-electron chi connectivity index (χ4n) is 1.46. The Morgan fingerprint density at radius 1 is 1.41 bits per heavy atom. The molecule has 96 valence electrons. The van der Waals surface area contributed by atoms with E-state index in [0.717, 1.165) is 30.3 Å². The Labute approximate surface area is 109 Å². The van der Waals surface area contributed by atoms with E-state index in [-0.39, 0.29) is 0 Å². The van der Waals surface area contributed by atoms with Gasteiger partial charge >= 0.3 is 0 Å². The third-order valence-corrected chi connectivity index (χ3v) is 2.71. The van der Waals surface area contributed by atoms with Gasteiger partial charge in [0.05, 0.1) is 6.26 Å². The summed E-state index contributed by atoms with van der Waals surface area (Å²) in [7, 11) is 0. The van der Waals surface area contributed by atoms with Gasteiger partial charge in [-0.1, -0.05) is 13.8 Å². The highest BCUT2D eigenvalue weighted by Crippen LogP contribution is 2.05. The number of thiocarbonyl (C=S) groups is 1. The van der Waals surface area contributed by atoms with Gasteiger partial charge in [0.25, 0.3) is 0 Å². The lowest BCUT2D eigenvalue weighted by Gasteiger charge is -2.17. The molecule has 1 heterocycles. The summed E-state index contributed by atoms with van der Waals surface area (Å²) in [5.74, 6) is 1.63. The minimum atomic E-state index is 0.354. The lowest BCUT2D eigenvalue weighted by atomic mass is 10.1. The van der Waals surface area contributed by atoms with Crippen LogP contribution < -0.4 is 10.6 Å². The zero-order valence-electron chi connectivity index (χ0n) is 10.8. The molecule has 0 fully saturated rings. The Bertz CT molecular complexity index is 322. The molecule has 17 heavy (non-hydrogen) atoms. The molecule has 0 radical (unpaired) electrons. The van der Waals surface area contributed by atoms with Crippen LogP contribution in [0, 0.1) is 5.92 Å². The normalized spacial score (nSPS) is 12.5. The van der Waals surface area contributed by atoms with Crippen molar-refractivity contribution in [2.75, 3.05) is 6.54 Å². The number of hydrogen-bond donors (Lipinski definition) is 2. The lowest BCUT2D eigenvalue weighted by Crippen LogP contribution is -2.41. The zero-order chi connectivity index (χ0) is 12.7. The molecule has 3 nitrogen and oxygen atoms in total. The van der Waals surface area contributed by atoms with Crippen LogP contribution in [0.15, 0.2) is 22.8 Å². The number of nitrogens with one attached hydrogen (secondary N) is 2. The zero-order valence-corrected chi connectivity index (χ0v) is 11.6. The van der Waals surface area contributed by atoms with Gasteiger partial charge in [0.15, 0.2) is 5.11 Å². The Hall–Kier alpha value is -1.03. The highest BCUT2D eigenvalue weighted by Gasteiger charge is 2.05. The van der Waals surface area contributed by atoms with Crippen molar-refractivity contribution in [3.8, 4) is 0 Å². The topological polar surface area (TPSA) is 37.2 Å². The van der Waals surface area contributed by atoms with Gasteiger partial charge in [-0.15, -0.1) is 0 Å². The number of rotatable bonds is 6. The summed E-state index contributed by atoms with van der Waals surface area (Å²) in [5, 5.41) is 7.22. The predicted molar refractivity (Wildman–Crippen MR) is 75.1 cm³/mol. The molecule has 1 unspecified atom stereocenters. The maximum absolute atomic E-state index is 5.29. The molecule has 1 atom stereocenters. The molecule has 1 aromatic heterocycles. The van der Waals surface area contributed by atoms with Gasteiger partial charge in [-0.3, -0.25) is 0 Å². The van der Waals surface area contributed by atoms with Gasteiger partial charge in [-0.25, -0.2) is 0 Å². The van der Waals surface area contributed by atoms with Crippen molar-refractivity contribution in [2.24, 2.45) is 5.92 Å². The molecule has 0 aromatic carbocycles. The van der Waals surface area contributed by atoms with Crippen LogP contribution in [0.5, 0.6) is 0 Å². The van der Waals surface area contributed by atoms with Crippen LogP contribution in [0.3, 0.4) is 0 Å². The summed E-state index contributed by atoms with van der Waals surface area (Å²) in [6, 6.07) is 4.27. The number of aryl methyl sites for hydroxylation is 1. The fraction of sp³-hybridized carbons (Fsp3) is 0.615. The summed E-state index contributed by atoms with van der Waals surface area (Å²) >= 11 is 5.22. The third-order valence-electron chi connectivity index (χ3n) is 2.45. The van der Waals surface area contributed by atoms with Crippen molar-refractivity contribution < 1.29 is 4.42 Å².